The summed E-state index contributed by atoms with van der Waals surface area (Å²) in [7, 11) is 0. The van der Waals surface area contributed by atoms with Crippen molar-refractivity contribution >= 4 is 0 Å². The summed E-state index contributed by atoms with van der Waals surface area (Å²) in [5, 5.41) is 0. The maximum atomic E-state index is 5.65. The first-order valence-corrected chi connectivity index (χ1v) is 4.39. The zero-order valence-electron chi connectivity index (χ0n) is 7.67. The normalized spacial score (nSPS) is 31.6. The van der Waals surface area contributed by atoms with Gasteiger partial charge in [0.25, 0.3) is 0 Å². The van der Waals surface area contributed by atoms with Crippen molar-refractivity contribution in [1.29, 1.82) is 0 Å². The number of hydrogen-bond donors (Lipinski definition) is 0. The third kappa shape index (κ3) is 2.80. The first-order chi connectivity index (χ1) is 5.20. The van der Waals surface area contributed by atoms with Gasteiger partial charge in [-0.1, -0.05) is 20.8 Å². The van der Waals surface area contributed by atoms with Gasteiger partial charge >= 0.3 is 0 Å². The van der Waals surface area contributed by atoms with Crippen LogP contribution >= 0.6 is 0 Å². The van der Waals surface area contributed by atoms with Gasteiger partial charge < -0.3 is 9.47 Å². The van der Waals surface area contributed by atoms with Gasteiger partial charge in [0.05, 0.1) is 19.3 Å². The Morgan fingerprint density at radius 1 is 1.45 bits per heavy atom. The average molecular weight is 158 g/mol. The monoisotopic (exact) mass is 158 g/mol. The molecule has 0 bridgehead atoms. The van der Waals surface area contributed by atoms with Crippen LogP contribution in [-0.4, -0.2) is 25.9 Å². The fourth-order valence-electron chi connectivity index (χ4n) is 1.17. The molecule has 0 radical (unpaired) electrons. The number of rotatable bonds is 3. The number of ether oxygens (including phenoxy) is 2. The summed E-state index contributed by atoms with van der Waals surface area (Å²) in [6.45, 7) is 9.02. The van der Waals surface area contributed by atoms with Crippen molar-refractivity contribution in [2.45, 2.75) is 26.9 Å². The molecule has 2 atom stereocenters. The molecule has 1 aliphatic heterocycles. The molecule has 0 aromatic carbocycles. The van der Waals surface area contributed by atoms with E-state index in [1.807, 2.05) is 0 Å². The Bertz CT molecular complexity index is 112. The van der Waals surface area contributed by atoms with Gasteiger partial charge in [0.15, 0.2) is 0 Å². The average Bonchev–Trinajstić information content (AvgIpc) is 2.31. The van der Waals surface area contributed by atoms with Crippen LogP contribution in [0.4, 0.5) is 0 Å². The van der Waals surface area contributed by atoms with Gasteiger partial charge in [-0.15, -0.1) is 0 Å². The lowest BCUT2D eigenvalue weighted by Gasteiger charge is -2.15. The Kier molecular flexibility index (Phi) is 3.34. The molecule has 2 nitrogen and oxygen atoms in total. The standard InChI is InChI=1S/C9H18O2/c1-7(2)4-11-9-6-10-5-8(9)3/h7-9H,4-6H2,1-3H3. The quantitative estimate of drug-likeness (QED) is 0.622. The molecule has 1 rings (SSSR count). The molecule has 1 heterocycles. The summed E-state index contributed by atoms with van der Waals surface area (Å²) in [6, 6.07) is 0. The third-order valence-corrected chi connectivity index (χ3v) is 1.94. The highest BCUT2D eigenvalue weighted by Gasteiger charge is 2.24. The Balaban J connectivity index is 2.15. The molecule has 0 N–H and O–H groups in total. The van der Waals surface area contributed by atoms with Crippen LogP contribution in [0.15, 0.2) is 0 Å². The van der Waals surface area contributed by atoms with E-state index < -0.39 is 0 Å². The van der Waals surface area contributed by atoms with Crippen LogP contribution in [0.5, 0.6) is 0 Å². The Morgan fingerprint density at radius 3 is 2.64 bits per heavy atom. The molecule has 2 unspecified atom stereocenters. The molecule has 66 valence electrons. The third-order valence-electron chi connectivity index (χ3n) is 1.94. The maximum Gasteiger partial charge on any atom is 0.0855 e. The van der Waals surface area contributed by atoms with Crippen LogP contribution in [0, 0.1) is 11.8 Å². The van der Waals surface area contributed by atoms with E-state index in [9.17, 15) is 0 Å². The second-order valence-corrected chi connectivity index (χ2v) is 3.78. The van der Waals surface area contributed by atoms with Crippen molar-refractivity contribution in [2.75, 3.05) is 19.8 Å². The summed E-state index contributed by atoms with van der Waals surface area (Å²) >= 11 is 0. The van der Waals surface area contributed by atoms with Crippen molar-refractivity contribution < 1.29 is 9.47 Å². The summed E-state index contributed by atoms with van der Waals surface area (Å²) < 4.78 is 10.9. The van der Waals surface area contributed by atoms with Crippen molar-refractivity contribution in [1.82, 2.24) is 0 Å². The summed E-state index contributed by atoms with van der Waals surface area (Å²) in [4.78, 5) is 0. The topological polar surface area (TPSA) is 18.5 Å². The molecule has 0 spiro atoms. The van der Waals surface area contributed by atoms with E-state index in [0.29, 0.717) is 17.9 Å². The summed E-state index contributed by atoms with van der Waals surface area (Å²) in [6.07, 6.45) is 0.345. The Morgan fingerprint density at radius 2 is 2.18 bits per heavy atom. The van der Waals surface area contributed by atoms with Crippen LogP contribution in [0.2, 0.25) is 0 Å². The van der Waals surface area contributed by atoms with Gasteiger partial charge in [0.2, 0.25) is 0 Å². The highest BCUT2D eigenvalue weighted by molar-refractivity contribution is 4.71. The minimum Gasteiger partial charge on any atom is -0.378 e. The summed E-state index contributed by atoms with van der Waals surface area (Å²) in [5.41, 5.74) is 0. The highest BCUT2D eigenvalue weighted by Crippen LogP contribution is 2.16. The van der Waals surface area contributed by atoms with Gasteiger partial charge in [-0.05, 0) is 5.92 Å². The Hall–Kier alpha value is -0.0800. The molecule has 1 saturated heterocycles. The zero-order valence-corrected chi connectivity index (χ0v) is 7.67. The fourth-order valence-corrected chi connectivity index (χ4v) is 1.17. The van der Waals surface area contributed by atoms with E-state index in [2.05, 4.69) is 20.8 Å². The van der Waals surface area contributed by atoms with Crippen LogP contribution in [-0.2, 0) is 9.47 Å². The van der Waals surface area contributed by atoms with Gasteiger partial charge in [-0.2, -0.15) is 0 Å². The van der Waals surface area contributed by atoms with Crippen LogP contribution in [0.25, 0.3) is 0 Å². The van der Waals surface area contributed by atoms with E-state index in [4.69, 9.17) is 9.47 Å². The molecule has 0 aliphatic carbocycles. The molecular formula is C9H18O2. The molecule has 1 aliphatic rings. The van der Waals surface area contributed by atoms with E-state index in [0.717, 1.165) is 19.8 Å². The lowest BCUT2D eigenvalue weighted by Crippen LogP contribution is -2.22. The minimum absolute atomic E-state index is 0.345. The van der Waals surface area contributed by atoms with Gasteiger partial charge in [-0.25, -0.2) is 0 Å². The van der Waals surface area contributed by atoms with Crippen molar-refractivity contribution in [3.05, 3.63) is 0 Å². The molecule has 0 saturated carbocycles. The predicted molar refractivity (Wildman–Crippen MR) is 44.6 cm³/mol. The van der Waals surface area contributed by atoms with E-state index in [1.54, 1.807) is 0 Å². The van der Waals surface area contributed by atoms with Crippen LogP contribution in [0.1, 0.15) is 20.8 Å². The van der Waals surface area contributed by atoms with E-state index in [1.165, 1.54) is 0 Å². The molecule has 0 amide bonds. The van der Waals surface area contributed by atoms with Gasteiger partial charge in [-0.3, -0.25) is 0 Å². The first kappa shape index (κ1) is 9.01. The van der Waals surface area contributed by atoms with E-state index >= 15 is 0 Å². The van der Waals surface area contributed by atoms with Crippen molar-refractivity contribution in [2.24, 2.45) is 11.8 Å². The minimum atomic E-state index is 0.345. The molecule has 1 fully saturated rings. The smallest absolute Gasteiger partial charge is 0.0855 e. The predicted octanol–water partition coefficient (Wildman–Crippen LogP) is 1.69. The van der Waals surface area contributed by atoms with Crippen molar-refractivity contribution in [3.8, 4) is 0 Å². The van der Waals surface area contributed by atoms with Crippen molar-refractivity contribution in [3.63, 3.8) is 0 Å². The SMILES string of the molecule is CC(C)COC1COCC1C. The second kappa shape index (κ2) is 4.07. The van der Waals surface area contributed by atoms with Gasteiger partial charge in [0, 0.05) is 12.5 Å². The molecule has 0 aromatic heterocycles. The zero-order chi connectivity index (χ0) is 8.27. The number of hydrogen-bond acceptors (Lipinski definition) is 2. The first-order valence-electron chi connectivity index (χ1n) is 4.39. The second-order valence-electron chi connectivity index (χ2n) is 3.78. The lowest BCUT2D eigenvalue weighted by atomic mass is 10.1. The molecule has 11 heavy (non-hydrogen) atoms. The largest absolute Gasteiger partial charge is 0.378 e. The van der Waals surface area contributed by atoms with E-state index in [-0.39, 0.29) is 0 Å². The van der Waals surface area contributed by atoms with Crippen LogP contribution in [0.3, 0.4) is 0 Å². The summed E-state index contributed by atoms with van der Waals surface area (Å²) in [5.74, 6) is 1.21. The molecule has 2 heteroatoms. The Labute approximate surface area is 68.9 Å². The lowest BCUT2D eigenvalue weighted by molar-refractivity contribution is 0.0145. The highest BCUT2D eigenvalue weighted by atomic mass is 16.5. The van der Waals surface area contributed by atoms with Crippen LogP contribution < -0.4 is 0 Å². The fraction of sp³-hybridized carbons (Fsp3) is 1.00. The molecule has 0 aromatic rings. The molecular weight excluding hydrogens is 140 g/mol. The van der Waals surface area contributed by atoms with Gasteiger partial charge in [0.1, 0.15) is 0 Å². The maximum absolute atomic E-state index is 5.65.